The highest BCUT2D eigenvalue weighted by molar-refractivity contribution is 7.10. The van der Waals surface area contributed by atoms with Gasteiger partial charge >= 0.3 is 0 Å². The van der Waals surface area contributed by atoms with Crippen LogP contribution in [0, 0.1) is 0 Å². The first-order valence-corrected chi connectivity index (χ1v) is 8.13. The Balaban J connectivity index is 1.71. The molecule has 0 spiro atoms. The number of carbonyl (C=O) groups is 1. The maximum Gasteiger partial charge on any atom is 0.225 e. The molecule has 1 aromatic carbocycles. The quantitative estimate of drug-likeness (QED) is 0.938. The molecule has 0 aliphatic heterocycles. The van der Waals surface area contributed by atoms with Crippen molar-refractivity contribution >= 4 is 17.2 Å². The SMILES string of the molecule is COc1ccc2c(c1)CCCC2NC(=O)Cc1cccs1. The first kappa shape index (κ1) is 14.1. The lowest BCUT2D eigenvalue weighted by atomic mass is 9.87. The second-order valence-corrected chi connectivity index (χ2v) is 6.37. The average molecular weight is 301 g/mol. The number of aryl methyl sites for hydroxylation is 1. The van der Waals surface area contributed by atoms with Gasteiger partial charge in [-0.25, -0.2) is 0 Å². The lowest BCUT2D eigenvalue weighted by molar-refractivity contribution is -0.121. The van der Waals surface area contributed by atoms with Gasteiger partial charge in [-0.3, -0.25) is 4.79 Å². The van der Waals surface area contributed by atoms with Gasteiger partial charge in [0.2, 0.25) is 5.91 Å². The Labute approximate surface area is 129 Å². The number of fused-ring (bicyclic) bond motifs is 1. The second-order valence-electron chi connectivity index (χ2n) is 5.33. The van der Waals surface area contributed by atoms with E-state index in [9.17, 15) is 4.79 Å². The standard InChI is InChI=1S/C17H19NO2S/c1-20-13-7-8-15-12(10-13)4-2-6-16(15)18-17(19)11-14-5-3-9-21-14/h3,5,7-10,16H,2,4,6,11H2,1H3,(H,18,19). The number of benzene rings is 1. The second kappa shape index (κ2) is 6.31. The summed E-state index contributed by atoms with van der Waals surface area (Å²) in [6, 6.07) is 10.3. The zero-order valence-electron chi connectivity index (χ0n) is 12.1. The molecule has 110 valence electrons. The van der Waals surface area contributed by atoms with E-state index in [2.05, 4.69) is 17.4 Å². The maximum atomic E-state index is 12.2. The van der Waals surface area contributed by atoms with E-state index < -0.39 is 0 Å². The summed E-state index contributed by atoms with van der Waals surface area (Å²) in [5.74, 6) is 0.991. The highest BCUT2D eigenvalue weighted by atomic mass is 32.1. The maximum absolute atomic E-state index is 12.2. The number of rotatable bonds is 4. The van der Waals surface area contributed by atoms with Crippen LogP contribution in [-0.4, -0.2) is 13.0 Å². The van der Waals surface area contributed by atoms with Gasteiger partial charge in [0, 0.05) is 4.88 Å². The summed E-state index contributed by atoms with van der Waals surface area (Å²) in [6.45, 7) is 0. The van der Waals surface area contributed by atoms with E-state index in [1.165, 1.54) is 11.1 Å². The number of thiophene rings is 1. The number of nitrogens with one attached hydrogen (secondary N) is 1. The van der Waals surface area contributed by atoms with Gasteiger partial charge in [0.05, 0.1) is 19.6 Å². The normalized spacial score (nSPS) is 17.1. The summed E-state index contributed by atoms with van der Waals surface area (Å²) < 4.78 is 5.28. The highest BCUT2D eigenvalue weighted by Crippen LogP contribution is 2.32. The fourth-order valence-corrected chi connectivity index (χ4v) is 3.59. The molecular formula is C17H19NO2S. The van der Waals surface area contributed by atoms with E-state index >= 15 is 0 Å². The van der Waals surface area contributed by atoms with Gasteiger partial charge in [-0.15, -0.1) is 11.3 Å². The molecule has 0 bridgehead atoms. The minimum atomic E-state index is 0.103. The fraction of sp³-hybridized carbons (Fsp3) is 0.353. The van der Waals surface area contributed by atoms with Crippen molar-refractivity contribution < 1.29 is 9.53 Å². The summed E-state index contributed by atoms with van der Waals surface area (Å²) >= 11 is 1.63. The molecule has 21 heavy (non-hydrogen) atoms. The number of methoxy groups -OCH3 is 1. The van der Waals surface area contributed by atoms with Crippen molar-refractivity contribution in [1.29, 1.82) is 0 Å². The molecule has 0 saturated carbocycles. The van der Waals surface area contributed by atoms with E-state index in [0.717, 1.165) is 29.9 Å². The predicted molar refractivity (Wildman–Crippen MR) is 84.8 cm³/mol. The van der Waals surface area contributed by atoms with Gasteiger partial charge in [-0.1, -0.05) is 12.1 Å². The summed E-state index contributed by atoms with van der Waals surface area (Å²) in [6.07, 6.45) is 3.64. The number of amides is 1. The van der Waals surface area contributed by atoms with Crippen molar-refractivity contribution in [1.82, 2.24) is 5.32 Å². The third-order valence-electron chi connectivity index (χ3n) is 3.91. The van der Waals surface area contributed by atoms with Gasteiger partial charge in [-0.05, 0) is 54.0 Å². The number of hydrogen-bond donors (Lipinski definition) is 1. The molecule has 1 amide bonds. The van der Waals surface area contributed by atoms with Crippen LogP contribution >= 0.6 is 11.3 Å². The van der Waals surface area contributed by atoms with E-state index in [-0.39, 0.29) is 11.9 Å². The molecule has 0 radical (unpaired) electrons. The van der Waals surface area contributed by atoms with Crippen molar-refractivity contribution in [2.24, 2.45) is 0 Å². The van der Waals surface area contributed by atoms with Crippen LogP contribution in [-0.2, 0) is 17.6 Å². The molecule has 1 aliphatic carbocycles. The van der Waals surface area contributed by atoms with Crippen molar-refractivity contribution in [3.8, 4) is 5.75 Å². The monoisotopic (exact) mass is 301 g/mol. The highest BCUT2D eigenvalue weighted by Gasteiger charge is 2.22. The molecule has 3 rings (SSSR count). The van der Waals surface area contributed by atoms with Crippen molar-refractivity contribution in [2.75, 3.05) is 7.11 Å². The van der Waals surface area contributed by atoms with Crippen LogP contribution in [0.4, 0.5) is 0 Å². The first-order chi connectivity index (χ1) is 10.3. The van der Waals surface area contributed by atoms with Crippen LogP contribution in [0.25, 0.3) is 0 Å². The summed E-state index contributed by atoms with van der Waals surface area (Å²) in [4.78, 5) is 13.3. The van der Waals surface area contributed by atoms with Crippen LogP contribution in [0.3, 0.4) is 0 Å². The van der Waals surface area contributed by atoms with Crippen LogP contribution in [0.2, 0.25) is 0 Å². The van der Waals surface area contributed by atoms with E-state index in [1.807, 2.05) is 23.6 Å². The molecule has 1 atom stereocenters. The van der Waals surface area contributed by atoms with Crippen LogP contribution in [0.15, 0.2) is 35.7 Å². The molecule has 1 unspecified atom stereocenters. The Morgan fingerprint density at radius 3 is 3.10 bits per heavy atom. The molecule has 0 saturated heterocycles. The van der Waals surface area contributed by atoms with Crippen LogP contribution in [0.1, 0.15) is 34.9 Å². The third-order valence-corrected chi connectivity index (χ3v) is 4.79. The van der Waals surface area contributed by atoms with Gasteiger partial charge in [0.15, 0.2) is 0 Å². The van der Waals surface area contributed by atoms with Gasteiger partial charge in [0.25, 0.3) is 0 Å². The molecule has 1 aromatic heterocycles. The zero-order chi connectivity index (χ0) is 14.7. The molecule has 1 heterocycles. The van der Waals surface area contributed by atoms with E-state index in [4.69, 9.17) is 4.74 Å². The minimum Gasteiger partial charge on any atom is -0.497 e. The van der Waals surface area contributed by atoms with Gasteiger partial charge in [-0.2, -0.15) is 0 Å². The third kappa shape index (κ3) is 3.27. The Bertz CT molecular complexity index is 622. The van der Waals surface area contributed by atoms with Gasteiger partial charge in [0.1, 0.15) is 5.75 Å². The summed E-state index contributed by atoms with van der Waals surface area (Å²) in [7, 11) is 1.69. The van der Waals surface area contributed by atoms with Gasteiger partial charge < -0.3 is 10.1 Å². The van der Waals surface area contributed by atoms with Crippen molar-refractivity contribution in [3.05, 3.63) is 51.7 Å². The predicted octanol–water partition coefficient (Wildman–Crippen LogP) is 3.49. The average Bonchev–Trinajstić information content (AvgIpc) is 2.99. The number of ether oxygens (including phenoxy) is 1. The van der Waals surface area contributed by atoms with Crippen molar-refractivity contribution in [2.45, 2.75) is 31.7 Å². The summed E-state index contributed by atoms with van der Waals surface area (Å²) in [5.41, 5.74) is 2.53. The first-order valence-electron chi connectivity index (χ1n) is 7.25. The lowest BCUT2D eigenvalue weighted by Crippen LogP contribution is -2.31. The minimum absolute atomic E-state index is 0.103. The molecule has 0 fully saturated rings. The Morgan fingerprint density at radius 2 is 2.33 bits per heavy atom. The lowest BCUT2D eigenvalue weighted by Gasteiger charge is -2.26. The summed E-state index contributed by atoms with van der Waals surface area (Å²) in [5, 5.41) is 5.18. The fourth-order valence-electron chi connectivity index (χ4n) is 2.88. The van der Waals surface area contributed by atoms with E-state index in [1.54, 1.807) is 18.4 Å². The number of hydrogen-bond acceptors (Lipinski definition) is 3. The molecular weight excluding hydrogens is 282 g/mol. The van der Waals surface area contributed by atoms with Crippen molar-refractivity contribution in [3.63, 3.8) is 0 Å². The smallest absolute Gasteiger partial charge is 0.225 e. The Morgan fingerprint density at radius 1 is 1.43 bits per heavy atom. The molecule has 2 aromatic rings. The van der Waals surface area contributed by atoms with E-state index in [0.29, 0.717) is 6.42 Å². The molecule has 1 aliphatic rings. The zero-order valence-corrected chi connectivity index (χ0v) is 12.9. The topological polar surface area (TPSA) is 38.3 Å². The number of carbonyl (C=O) groups excluding carboxylic acids is 1. The Hall–Kier alpha value is -1.81. The van der Waals surface area contributed by atoms with Crippen LogP contribution < -0.4 is 10.1 Å². The largest absolute Gasteiger partial charge is 0.497 e. The molecule has 4 heteroatoms. The molecule has 1 N–H and O–H groups in total. The Kier molecular flexibility index (Phi) is 4.25. The van der Waals surface area contributed by atoms with Crippen LogP contribution in [0.5, 0.6) is 5.75 Å². The molecule has 3 nitrogen and oxygen atoms in total.